The van der Waals surface area contributed by atoms with E-state index in [9.17, 15) is 13.2 Å². The maximum absolute atomic E-state index is 13.5. The predicted octanol–water partition coefficient (Wildman–Crippen LogP) is 5.26. The first-order valence-corrected chi connectivity index (χ1v) is 13.3. The SMILES string of the molecule is COc1ccc2nc(N(Cc3ccccc3)C(=O)Cc3ccc(S(=O)(=O)C(C)C)cc3)sc2c1. The quantitative estimate of drug-likeness (QED) is 0.334. The fraction of sp³-hybridized carbons (Fsp3) is 0.231. The van der Waals surface area contributed by atoms with Gasteiger partial charge in [-0.2, -0.15) is 0 Å². The number of amides is 1. The number of nitrogens with zero attached hydrogens (tertiary/aromatic N) is 2. The van der Waals surface area contributed by atoms with E-state index < -0.39 is 15.1 Å². The number of methoxy groups -OCH3 is 1. The minimum atomic E-state index is -3.36. The van der Waals surface area contributed by atoms with E-state index in [2.05, 4.69) is 0 Å². The van der Waals surface area contributed by atoms with Crippen molar-refractivity contribution in [3.8, 4) is 5.75 Å². The fourth-order valence-corrected chi connectivity index (χ4v) is 5.57. The lowest BCUT2D eigenvalue weighted by atomic mass is 10.1. The first-order valence-electron chi connectivity index (χ1n) is 10.9. The summed E-state index contributed by atoms with van der Waals surface area (Å²) in [5, 5.41) is 0.107. The minimum absolute atomic E-state index is 0.116. The molecule has 0 spiro atoms. The molecule has 0 fully saturated rings. The largest absolute Gasteiger partial charge is 0.497 e. The van der Waals surface area contributed by atoms with Gasteiger partial charge in [0.05, 0.1) is 40.4 Å². The number of benzene rings is 3. The van der Waals surface area contributed by atoms with Gasteiger partial charge in [0.1, 0.15) is 5.75 Å². The molecule has 176 valence electrons. The first-order chi connectivity index (χ1) is 16.3. The zero-order chi connectivity index (χ0) is 24.3. The third-order valence-electron chi connectivity index (χ3n) is 5.53. The molecular formula is C26H26N2O4S2. The summed E-state index contributed by atoms with van der Waals surface area (Å²) in [4.78, 5) is 20.1. The average molecular weight is 495 g/mol. The first kappa shape index (κ1) is 23.9. The van der Waals surface area contributed by atoms with Crippen molar-refractivity contribution in [2.75, 3.05) is 12.0 Å². The fourth-order valence-electron chi connectivity index (χ4n) is 3.50. The average Bonchev–Trinajstić information content (AvgIpc) is 3.26. The van der Waals surface area contributed by atoms with E-state index in [1.165, 1.54) is 11.3 Å². The summed E-state index contributed by atoms with van der Waals surface area (Å²) in [7, 11) is -1.74. The number of thiazole rings is 1. The van der Waals surface area contributed by atoms with Gasteiger partial charge in [-0.25, -0.2) is 13.4 Å². The van der Waals surface area contributed by atoms with E-state index >= 15 is 0 Å². The lowest BCUT2D eigenvalue weighted by molar-refractivity contribution is -0.118. The molecule has 0 bridgehead atoms. The molecule has 3 aromatic carbocycles. The summed E-state index contributed by atoms with van der Waals surface area (Å²) >= 11 is 1.44. The van der Waals surface area contributed by atoms with E-state index in [4.69, 9.17) is 9.72 Å². The Morgan fingerprint density at radius 3 is 2.35 bits per heavy atom. The highest BCUT2D eigenvalue weighted by atomic mass is 32.2. The number of carbonyl (C=O) groups is 1. The van der Waals surface area contributed by atoms with Crippen LogP contribution in [0.3, 0.4) is 0 Å². The zero-order valence-electron chi connectivity index (χ0n) is 19.3. The molecule has 0 saturated carbocycles. The topological polar surface area (TPSA) is 76.6 Å². The highest BCUT2D eigenvalue weighted by molar-refractivity contribution is 7.92. The van der Waals surface area contributed by atoms with E-state index in [1.54, 1.807) is 50.1 Å². The normalized spacial score (nSPS) is 11.6. The minimum Gasteiger partial charge on any atom is -0.497 e. The molecule has 0 N–H and O–H groups in total. The van der Waals surface area contributed by atoms with Crippen LogP contribution in [-0.2, 0) is 27.6 Å². The van der Waals surface area contributed by atoms with Crippen molar-refractivity contribution in [2.24, 2.45) is 0 Å². The van der Waals surface area contributed by atoms with Crippen LogP contribution in [0.5, 0.6) is 5.75 Å². The summed E-state index contributed by atoms with van der Waals surface area (Å²) in [6, 6.07) is 22.0. The lowest BCUT2D eigenvalue weighted by Crippen LogP contribution is -2.31. The highest BCUT2D eigenvalue weighted by Gasteiger charge is 2.22. The van der Waals surface area contributed by atoms with Crippen molar-refractivity contribution in [3.05, 3.63) is 83.9 Å². The second-order valence-electron chi connectivity index (χ2n) is 8.21. The van der Waals surface area contributed by atoms with Gasteiger partial charge >= 0.3 is 0 Å². The van der Waals surface area contributed by atoms with E-state index in [0.29, 0.717) is 11.7 Å². The molecule has 0 unspecified atom stereocenters. The standard InChI is InChI=1S/C26H26N2O4S2/c1-18(2)34(30,31)22-12-9-19(10-13-22)15-25(29)28(17-20-7-5-4-6-8-20)26-27-23-14-11-21(32-3)16-24(23)33-26/h4-14,16,18H,15,17H2,1-3H3. The monoisotopic (exact) mass is 494 g/mol. The van der Waals surface area contributed by atoms with Gasteiger partial charge < -0.3 is 4.74 Å². The van der Waals surface area contributed by atoms with Crippen molar-refractivity contribution >= 4 is 42.4 Å². The molecule has 0 radical (unpaired) electrons. The van der Waals surface area contributed by atoms with Crippen molar-refractivity contribution < 1.29 is 17.9 Å². The number of rotatable bonds is 8. The van der Waals surface area contributed by atoms with Crippen molar-refractivity contribution in [2.45, 2.75) is 37.0 Å². The van der Waals surface area contributed by atoms with Gasteiger partial charge in [-0.15, -0.1) is 0 Å². The maximum Gasteiger partial charge on any atom is 0.233 e. The molecule has 1 heterocycles. The molecule has 0 aliphatic rings. The molecule has 6 nitrogen and oxygen atoms in total. The Kier molecular flexibility index (Phi) is 7.00. The molecule has 0 aliphatic heterocycles. The van der Waals surface area contributed by atoms with Crippen molar-refractivity contribution in [1.82, 2.24) is 4.98 Å². The van der Waals surface area contributed by atoms with Gasteiger partial charge in [0.25, 0.3) is 0 Å². The molecular weight excluding hydrogens is 468 g/mol. The smallest absolute Gasteiger partial charge is 0.233 e. The van der Waals surface area contributed by atoms with Crippen molar-refractivity contribution in [1.29, 1.82) is 0 Å². The number of sulfone groups is 1. The molecule has 4 rings (SSSR count). The zero-order valence-corrected chi connectivity index (χ0v) is 20.9. The second kappa shape index (κ2) is 9.95. The predicted molar refractivity (Wildman–Crippen MR) is 136 cm³/mol. The Hall–Kier alpha value is -3.23. The van der Waals surface area contributed by atoms with Crippen molar-refractivity contribution in [3.63, 3.8) is 0 Å². The molecule has 34 heavy (non-hydrogen) atoms. The Morgan fingerprint density at radius 1 is 1.00 bits per heavy atom. The van der Waals surface area contributed by atoms with Gasteiger partial charge in [-0.05, 0) is 55.3 Å². The van der Waals surface area contributed by atoms with Crippen LogP contribution in [0.25, 0.3) is 10.2 Å². The third kappa shape index (κ3) is 5.13. The number of ether oxygens (including phenoxy) is 1. The van der Waals surface area contributed by atoms with Gasteiger partial charge in [-0.1, -0.05) is 53.8 Å². The van der Waals surface area contributed by atoms with Crippen LogP contribution in [0.15, 0.2) is 77.7 Å². The summed E-state index contributed by atoms with van der Waals surface area (Å²) < 4.78 is 31.1. The van der Waals surface area contributed by atoms with Crippen LogP contribution >= 0.6 is 11.3 Å². The van der Waals surface area contributed by atoms with Gasteiger partial charge in [-0.3, -0.25) is 9.69 Å². The molecule has 1 aromatic heterocycles. The number of anilines is 1. The molecule has 8 heteroatoms. The van der Waals surface area contributed by atoms with Crippen LogP contribution < -0.4 is 9.64 Å². The lowest BCUT2D eigenvalue weighted by Gasteiger charge is -2.20. The Labute approximate surface area is 203 Å². The molecule has 0 aliphatic carbocycles. The number of hydrogen-bond acceptors (Lipinski definition) is 6. The van der Waals surface area contributed by atoms with Crippen LogP contribution in [0.4, 0.5) is 5.13 Å². The Balaban J connectivity index is 1.63. The number of fused-ring (bicyclic) bond motifs is 1. The molecule has 4 aromatic rings. The van der Waals surface area contributed by atoms with Crippen LogP contribution in [0.1, 0.15) is 25.0 Å². The third-order valence-corrected chi connectivity index (χ3v) is 8.74. The van der Waals surface area contributed by atoms with Gasteiger partial charge in [0.15, 0.2) is 15.0 Å². The summed E-state index contributed by atoms with van der Waals surface area (Å²) in [6.45, 7) is 3.69. The molecule has 0 saturated heterocycles. The van der Waals surface area contributed by atoms with E-state index in [-0.39, 0.29) is 17.2 Å². The van der Waals surface area contributed by atoms with E-state index in [1.807, 2.05) is 48.5 Å². The second-order valence-corrected chi connectivity index (χ2v) is 11.7. The maximum atomic E-state index is 13.5. The van der Waals surface area contributed by atoms with Crippen LogP contribution in [-0.4, -0.2) is 31.7 Å². The van der Waals surface area contributed by atoms with Gasteiger partial charge in [0.2, 0.25) is 5.91 Å². The molecule has 0 atom stereocenters. The Bertz CT molecular complexity index is 1400. The number of carbonyl (C=O) groups excluding carboxylic acids is 1. The number of hydrogen-bond donors (Lipinski definition) is 0. The van der Waals surface area contributed by atoms with Gasteiger partial charge in [0, 0.05) is 0 Å². The summed E-state index contributed by atoms with van der Waals surface area (Å²) in [5.74, 6) is 0.620. The van der Waals surface area contributed by atoms with Crippen LogP contribution in [0, 0.1) is 0 Å². The Morgan fingerprint density at radius 2 is 1.71 bits per heavy atom. The van der Waals surface area contributed by atoms with Crippen LogP contribution in [0.2, 0.25) is 0 Å². The van der Waals surface area contributed by atoms with E-state index in [0.717, 1.165) is 27.1 Å². The highest BCUT2D eigenvalue weighted by Crippen LogP contribution is 2.32. The number of aromatic nitrogens is 1. The summed E-state index contributed by atoms with van der Waals surface area (Å²) in [6.07, 6.45) is 0.133. The molecule has 1 amide bonds. The summed E-state index contributed by atoms with van der Waals surface area (Å²) in [5.41, 5.74) is 2.54.